The van der Waals surface area contributed by atoms with Gasteiger partial charge >= 0.3 is 12.6 Å². The molecule has 3 rings (SSSR count). The Bertz CT molecular complexity index is 859. The molecule has 7 nitrogen and oxygen atoms in total. The highest BCUT2D eigenvalue weighted by atomic mass is 32.2. The fraction of sp³-hybridized carbons (Fsp3) is 0.133. The van der Waals surface area contributed by atoms with Crippen LogP contribution in [0.15, 0.2) is 52.3 Å². The maximum atomic E-state index is 12.7. The first kappa shape index (κ1) is 15.2. The quantitative estimate of drug-likeness (QED) is 0.860. The van der Waals surface area contributed by atoms with Gasteiger partial charge in [0.1, 0.15) is 0 Å². The maximum absolute atomic E-state index is 12.7. The molecular formula is C15H12O7S. The van der Waals surface area contributed by atoms with Gasteiger partial charge in [0, 0.05) is 6.07 Å². The number of benzene rings is 2. The molecule has 2 aromatic carbocycles. The first-order valence-corrected chi connectivity index (χ1v) is 8.04. The first-order valence-electron chi connectivity index (χ1n) is 6.55. The van der Waals surface area contributed by atoms with Gasteiger partial charge in [0.15, 0.2) is 11.5 Å². The van der Waals surface area contributed by atoms with Crippen molar-refractivity contribution in [3.05, 3.63) is 48.0 Å². The SMILES string of the molecule is Cc1cc2c(cc1S(=O)(=O)c1ccccc1)OC(OC(=O)O)O2. The second-order valence-corrected chi connectivity index (χ2v) is 6.71. The Labute approximate surface area is 131 Å². The molecular weight excluding hydrogens is 324 g/mol. The minimum atomic E-state index is -3.72. The van der Waals surface area contributed by atoms with Crippen LogP contribution in [0.2, 0.25) is 0 Å². The van der Waals surface area contributed by atoms with Gasteiger partial charge < -0.3 is 19.3 Å². The van der Waals surface area contributed by atoms with Gasteiger partial charge in [-0.25, -0.2) is 13.2 Å². The zero-order chi connectivity index (χ0) is 16.6. The van der Waals surface area contributed by atoms with E-state index in [1.165, 1.54) is 24.3 Å². The van der Waals surface area contributed by atoms with E-state index in [2.05, 4.69) is 4.74 Å². The summed E-state index contributed by atoms with van der Waals surface area (Å²) in [6, 6.07) is 10.7. The summed E-state index contributed by atoms with van der Waals surface area (Å²) in [5.41, 5.74) is 0.451. The van der Waals surface area contributed by atoms with Gasteiger partial charge in [-0.2, -0.15) is 0 Å². The molecule has 0 bridgehead atoms. The van der Waals surface area contributed by atoms with E-state index < -0.39 is 22.5 Å². The van der Waals surface area contributed by atoms with E-state index in [9.17, 15) is 13.2 Å². The molecule has 0 saturated heterocycles. The van der Waals surface area contributed by atoms with Crippen LogP contribution >= 0.6 is 0 Å². The average Bonchev–Trinajstić information content (AvgIpc) is 2.87. The Morgan fingerprint density at radius 3 is 2.35 bits per heavy atom. The highest BCUT2D eigenvalue weighted by Crippen LogP contribution is 2.39. The number of aryl methyl sites for hydroxylation is 1. The van der Waals surface area contributed by atoms with E-state index in [0.29, 0.717) is 5.56 Å². The molecule has 2 aromatic rings. The van der Waals surface area contributed by atoms with E-state index >= 15 is 0 Å². The van der Waals surface area contributed by atoms with Crippen LogP contribution < -0.4 is 9.47 Å². The van der Waals surface area contributed by atoms with E-state index in [1.807, 2.05) is 0 Å². The molecule has 1 atom stereocenters. The van der Waals surface area contributed by atoms with Gasteiger partial charge in [0.2, 0.25) is 9.84 Å². The number of carboxylic acid groups (broad SMARTS) is 1. The van der Waals surface area contributed by atoms with Crippen molar-refractivity contribution in [3.8, 4) is 11.5 Å². The zero-order valence-corrected chi connectivity index (χ0v) is 12.7. The van der Waals surface area contributed by atoms with Gasteiger partial charge in [-0.05, 0) is 30.7 Å². The lowest BCUT2D eigenvalue weighted by molar-refractivity contribution is -0.147. The number of hydrogen-bond acceptors (Lipinski definition) is 6. The average molecular weight is 336 g/mol. The smallest absolute Gasteiger partial charge is 0.450 e. The van der Waals surface area contributed by atoms with Crippen LogP contribution in [0.1, 0.15) is 5.56 Å². The van der Waals surface area contributed by atoms with Crippen molar-refractivity contribution in [1.29, 1.82) is 0 Å². The first-order chi connectivity index (χ1) is 10.9. The predicted molar refractivity (Wildman–Crippen MR) is 77.2 cm³/mol. The lowest BCUT2D eigenvalue weighted by Gasteiger charge is -2.08. The lowest BCUT2D eigenvalue weighted by atomic mass is 10.2. The maximum Gasteiger partial charge on any atom is 0.511 e. The molecule has 8 heteroatoms. The Morgan fingerprint density at radius 1 is 1.13 bits per heavy atom. The molecule has 120 valence electrons. The third-order valence-corrected chi connectivity index (χ3v) is 5.14. The van der Waals surface area contributed by atoms with Crippen LogP contribution in [0, 0.1) is 6.92 Å². The van der Waals surface area contributed by atoms with Crippen LogP contribution in [0.25, 0.3) is 0 Å². The van der Waals surface area contributed by atoms with E-state index in [1.54, 1.807) is 25.1 Å². The Morgan fingerprint density at radius 2 is 1.74 bits per heavy atom. The number of ether oxygens (including phenoxy) is 3. The molecule has 0 fully saturated rings. The fourth-order valence-electron chi connectivity index (χ4n) is 2.21. The van der Waals surface area contributed by atoms with Gasteiger partial charge in [0.25, 0.3) is 0 Å². The zero-order valence-electron chi connectivity index (χ0n) is 11.9. The number of fused-ring (bicyclic) bond motifs is 1. The fourth-order valence-corrected chi connectivity index (χ4v) is 3.72. The predicted octanol–water partition coefficient (Wildman–Crippen LogP) is 2.58. The minimum absolute atomic E-state index is 0.0574. The van der Waals surface area contributed by atoms with Gasteiger partial charge in [0.05, 0.1) is 9.79 Å². The van der Waals surface area contributed by atoms with Crippen molar-refractivity contribution in [2.45, 2.75) is 23.2 Å². The third-order valence-electron chi connectivity index (χ3n) is 3.23. The standard InChI is InChI=1S/C15H12O7S/c1-9-7-11-12(21-15(20-11)22-14(16)17)8-13(9)23(18,19)10-5-3-2-4-6-10/h2-8,15H,1H3,(H,16,17). The Hall–Kier alpha value is -2.74. The minimum Gasteiger partial charge on any atom is -0.450 e. The number of hydrogen-bond donors (Lipinski definition) is 1. The normalized spacial score (nSPS) is 16.1. The summed E-state index contributed by atoms with van der Waals surface area (Å²) in [5, 5.41) is 8.56. The lowest BCUT2D eigenvalue weighted by Crippen LogP contribution is -2.24. The van der Waals surface area contributed by atoms with Crippen molar-refractivity contribution in [3.63, 3.8) is 0 Å². The summed E-state index contributed by atoms with van der Waals surface area (Å²) < 4.78 is 40.1. The second kappa shape index (κ2) is 5.47. The van der Waals surface area contributed by atoms with Crippen LogP contribution in [0.3, 0.4) is 0 Å². The molecule has 1 aliphatic rings. The van der Waals surface area contributed by atoms with Gasteiger partial charge in [-0.15, -0.1) is 0 Å². The molecule has 23 heavy (non-hydrogen) atoms. The molecule has 0 saturated carbocycles. The molecule has 1 N–H and O–H groups in total. The van der Waals surface area contributed by atoms with Crippen LogP contribution in [-0.2, 0) is 14.6 Å². The molecule has 0 amide bonds. The summed E-state index contributed by atoms with van der Waals surface area (Å²) in [6.07, 6.45) is -1.56. The van der Waals surface area contributed by atoms with Crippen LogP contribution in [-0.4, -0.2) is 26.2 Å². The number of rotatable bonds is 3. The summed E-state index contributed by atoms with van der Waals surface area (Å²) in [4.78, 5) is 10.7. The molecule has 0 aliphatic carbocycles. The summed E-state index contributed by atoms with van der Waals surface area (Å²) in [7, 11) is -3.72. The van der Waals surface area contributed by atoms with Gasteiger partial charge in [-0.3, -0.25) is 0 Å². The largest absolute Gasteiger partial charge is 0.511 e. The topological polar surface area (TPSA) is 99.1 Å². The molecule has 0 aromatic heterocycles. The second-order valence-electron chi connectivity index (χ2n) is 4.79. The van der Waals surface area contributed by atoms with Crippen LogP contribution in [0.5, 0.6) is 11.5 Å². The Kier molecular flexibility index (Phi) is 3.61. The molecule has 0 spiro atoms. The van der Waals surface area contributed by atoms with Crippen molar-refractivity contribution in [1.82, 2.24) is 0 Å². The highest BCUT2D eigenvalue weighted by Gasteiger charge is 2.31. The molecule has 1 heterocycles. The van der Waals surface area contributed by atoms with Crippen molar-refractivity contribution < 1.29 is 32.5 Å². The highest BCUT2D eigenvalue weighted by molar-refractivity contribution is 7.91. The van der Waals surface area contributed by atoms with E-state index in [-0.39, 0.29) is 21.3 Å². The van der Waals surface area contributed by atoms with Crippen molar-refractivity contribution in [2.24, 2.45) is 0 Å². The molecule has 1 aliphatic heterocycles. The van der Waals surface area contributed by atoms with Gasteiger partial charge in [-0.1, -0.05) is 18.2 Å². The molecule has 0 radical (unpaired) electrons. The Balaban J connectivity index is 2.00. The summed E-state index contributed by atoms with van der Waals surface area (Å²) >= 11 is 0. The molecule has 1 unspecified atom stereocenters. The summed E-state index contributed by atoms with van der Waals surface area (Å²) in [5.74, 6) is 0.331. The number of sulfone groups is 1. The monoisotopic (exact) mass is 336 g/mol. The van der Waals surface area contributed by atoms with E-state index in [4.69, 9.17) is 14.6 Å². The third kappa shape index (κ3) is 2.80. The van der Waals surface area contributed by atoms with E-state index in [0.717, 1.165) is 0 Å². The van der Waals surface area contributed by atoms with Crippen molar-refractivity contribution >= 4 is 16.0 Å². The van der Waals surface area contributed by atoms with Crippen LogP contribution in [0.4, 0.5) is 4.79 Å². The number of carbonyl (C=O) groups is 1. The van der Waals surface area contributed by atoms with Crippen molar-refractivity contribution in [2.75, 3.05) is 0 Å². The summed E-state index contributed by atoms with van der Waals surface area (Å²) in [6.45, 7) is 0.168.